The second-order valence-corrected chi connectivity index (χ2v) is 9.39. The van der Waals surface area contributed by atoms with Crippen LogP contribution in [0.5, 0.6) is 5.75 Å². The highest BCUT2D eigenvalue weighted by Crippen LogP contribution is 2.33. The van der Waals surface area contributed by atoms with E-state index in [1.807, 2.05) is 6.92 Å². The first-order valence-electron chi connectivity index (χ1n) is 12.1. The first-order chi connectivity index (χ1) is 18.0. The van der Waals surface area contributed by atoms with Gasteiger partial charge < -0.3 is 30.2 Å². The highest BCUT2D eigenvalue weighted by Gasteiger charge is 2.29. The first kappa shape index (κ1) is 30.3. The van der Waals surface area contributed by atoms with Crippen LogP contribution in [0.2, 0.25) is 0 Å². The van der Waals surface area contributed by atoms with Crippen molar-refractivity contribution in [2.24, 2.45) is 5.92 Å². The lowest BCUT2D eigenvalue weighted by atomic mass is 10.0. The van der Waals surface area contributed by atoms with Gasteiger partial charge in [-0.05, 0) is 56.5 Å². The maximum absolute atomic E-state index is 12.7. The normalized spacial score (nSPS) is 11.3. The lowest BCUT2D eigenvalue weighted by molar-refractivity contribution is -0.150. The van der Waals surface area contributed by atoms with Crippen molar-refractivity contribution < 1.29 is 38.2 Å². The Balaban J connectivity index is 2.08. The van der Waals surface area contributed by atoms with Crippen molar-refractivity contribution in [3.63, 3.8) is 0 Å². The zero-order valence-electron chi connectivity index (χ0n) is 22.3. The monoisotopic (exact) mass is 547 g/mol. The van der Waals surface area contributed by atoms with Crippen molar-refractivity contribution in [2.75, 3.05) is 32.2 Å². The van der Waals surface area contributed by atoms with E-state index in [-0.39, 0.29) is 28.0 Å². The van der Waals surface area contributed by atoms with Crippen molar-refractivity contribution >= 4 is 46.0 Å². The van der Waals surface area contributed by atoms with Crippen LogP contribution in [0, 0.1) is 12.8 Å². The molecule has 0 fully saturated rings. The Labute approximate surface area is 225 Å². The number of hydrogen-bond acceptors (Lipinski definition) is 9. The van der Waals surface area contributed by atoms with E-state index < -0.39 is 42.3 Å². The lowest BCUT2D eigenvalue weighted by Gasteiger charge is -2.21. The van der Waals surface area contributed by atoms with Crippen molar-refractivity contribution in [1.82, 2.24) is 10.6 Å². The van der Waals surface area contributed by atoms with Crippen LogP contribution in [0.25, 0.3) is 0 Å². The first-order valence-corrected chi connectivity index (χ1v) is 12.9. The molecule has 0 radical (unpaired) electrons. The average Bonchev–Trinajstić information content (AvgIpc) is 3.21. The van der Waals surface area contributed by atoms with Crippen LogP contribution in [-0.4, -0.2) is 62.6 Å². The summed E-state index contributed by atoms with van der Waals surface area (Å²) in [4.78, 5) is 62.9. The second kappa shape index (κ2) is 14.1. The minimum atomic E-state index is -1.01. The molecule has 1 aromatic carbocycles. The molecule has 0 saturated carbocycles. The molecule has 12 heteroatoms. The van der Waals surface area contributed by atoms with Crippen LogP contribution in [0.4, 0.5) is 5.00 Å². The van der Waals surface area contributed by atoms with Gasteiger partial charge in [-0.2, -0.15) is 0 Å². The number of benzene rings is 1. The number of nitrogens with one attached hydrogen (secondary N) is 3. The third kappa shape index (κ3) is 7.78. The Morgan fingerprint density at radius 2 is 1.61 bits per heavy atom. The van der Waals surface area contributed by atoms with Gasteiger partial charge in [0.15, 0.2) is 6.61 Å². The molecule has 1 heterocycles. The fourth-order valence-corrected chi connectivity index (χ4v) is 4.52. The molecule has 3 N–H and O–H groups in total. The van der Waals surface area contributed by atoms with Crippen LogP contribution in [0.3, 0.4) is 0 Å². The van der Waals surface area contributed by atoms with Gasteiger partial charge in [0.05, 0.1) is 23.7 Å². The van der Waals surface area contributed by atoms with Crippen LogP contribution in [-0.2, 0) is 19.1 Å². The number of anilines is 1. The maximum atomic E-state index is 12.7. The molecule has 38 heavy (non-hydrogen) atoms. The number of esters is 2. The molecule has 3 amide bonds. The third-order valence-electron chi connectivity index (χ3n) is 5.29. The van der Waals surface area contributed by atoms with E-state index in [1.165, 1.54) is 7.05 Å². The summed E-state index contributed by atoms with van der Waals surface area (Å²) in [6, 6.07) is 5.44. The molecular weight excluding hydrogens is 514 g/mol. The summed E-state index contributed by atoms with van der Waals surface area (Å²) in [6.07, 6.45) is 0. The molecule has 11 nitrogen and oxygen atoms in total. The van der Waals surface area contributed by atoms with Gasteiger partial charge in [0, 0.05) is 12.6 Å². The highest BCUT2D eigenvalue weighted by atomic mass is 32.1. The number of hydrogen-bond donors (Lipinski definition) is 3. The number of rotatable bonds is 12. The number of thiophene rings is 1. The molecule has 0 saturated heterocycles. The minimum Gasteiger partial charge on any atom is -0.494 e. The molecular formula is C26H33N3O8S. The summed E-state index contributed by atoms with van der Waals surface area (Å²) in [7, 11) is 1.45. The standard InChI is InChI=1S/C26H33N3O8S/c1-7-35-17-11-9-16(10-12-17)22(31)29-20(14(3)4)26(34)37-13-18(30)28-24-19(25(33)36-8-2)15(5)21(38-24)23(32)27-6/h9-12,14,20H,7-8,13H2,1-6H3,(H,27,32)(H,28,30)(H,29,31)/t20-/m0/s1. The van der Waals surface area contributed by atoms with Gasteiger partial charge in [0.25, 0.3) is 17.7 Å². The number of carbonyl (C=O) groups excluding carboxylic acids is 5. The zero-order chi connectivity index (χ0) is 28.4. The minimum absolute atomic E-state index is 0.0535. The quantitative estimate of drug-likeness (QED) is 0.344. The summed E-state index contributed by atoms with van der Waals surface area (Å²) < 4.78 is 15.6. The third-order valence-corrected chi connectivity index (χ3v) is 6.50. The fraction of sp³-hybridized carbons (Fsp3) is 0.423. The molecule has 0 aliphatic carbocycles. The van der Waals surface area contributed by atoms with Crippen molar-refractivity contribution in [2.45, 2.75) is 40.7 Å². The van der Waals surface area contributed by atoms with E-state index in [9.17, 15) is 24.0 Å². The fourth-order valence-electron chi connectivity index (χ4n) is 3.36. The van der Waals surface area contributed by atoms with Crippen LogP contribution >= 0.6 is 11.3 Å². The van der Waals surface area contributed by atoms with Crippen LogP contribution < -0.4 is 20.7 Å². The Hall–Kier alpha value is -3.93. The van der Waals surface area contributed by atoms with Gasteiger partial charge in [-0.3, -0.25) is 14.4 Å². The van der Waals surface area contributed by atoms with E-state index in [0.717, 1.165) is 11.3 Å². The van der Waals surface area contributed by atoms with Gasteiger partial charge in [0.2, 0.25) is 0 Å². The average molecular weight is 548 g/mol. The molecule has 0 unspecified atom stereocenters. The van der Waals surface area contributed by atoms with Crippen molar-refractivity contribution in [1.29, 1.82) is 0 Å². The summed E-state index contributed by atoms with van der Waals surface area (Å²) in [5.74, 6) is -2.84. The van der Waals surface area contributed by atoms with Crippen molar-refractivity contribution in [3.8, 4) is 5.75 Å². The number of ether oxygens (including phenoxy) is 3. The van der Waals surface area contributed by atoms with E-state index in [4.69, 9.17) is 14.2 Å². The molecule has 1 aromatic heterocycles. The van der Waals surface area contributed by atoms with Gasteiger partial charge in [-0.1, -0.05) is 13.8 Å². The molecule has 0 bridgehead atoms. The van der Waals surface area contributed by atoms with Crippen LogP contribution in [0.15, 0.2) is 24.3 Å². The summed E-state index contributed by atoms with van der Waals surface area (Å²) >= 11 is 0.906. The Morgan fingerprint density at radius 3 is 2.16 bits per heavy atom. The summed E-state index contributed by atoms with van der Waals surface area (Å²) in [5.41, 5.74) is 0.742. The Kier molecular flexibility index (Phi) is 11.3. The zero-order valence-corrected chi connectivity index (χ0v) is 23.1. The Bertz CT molecular complexity index is 1170. The summed E-state index contributed by atoms with van der Waals surface area (Å²) in [6.45, 7) is 8.44. The molecule has 2 aromatic rings. The number of carbonyl (C=O) groups is 5. The lowest BCUT2D eigenvalue weighted by Crippen LogP contribution is -2.45. The maximum Gasteiger partial charge on any atom is 0.341 e. The van der Waals surface area contributed by atoms with Gasteiger partial charge in [-0.15, -0.1) is 11.3 Å². The molecule has 0 aliphatic heterocycles. The highest BCUT2D eigenvalue weighted by molar-refractivity contribution is 7.18. The topological polar surface area (TPSA) is 149 Å². The van der Waals surface area contributed by atoms with E-state index in [2.05, 4.69) is 16.0 Å². The second-order valence-electron chi connectivity index (χ2n) is 8.37. The molecule has 0 spiro atoms. The Morgan fingerprint density at radius 1 is 0.947 bits per heavy atom. The number of amides is 3. The largest absolute Gasteiger partial charge is 0.494 e. The predicted molar refractivity (Wildman–Crippen MR) is 142 cm³/mol. The van der Waals surface area contributed by atoms with E-state index in [0.29, 0.717) is 23.5 Å². The molecule has 0 aliphatic rings. The predicted octanol–water partition coefficient (Wildman–Crippen LogP) is 2.93. The SMILES string of the molecule is CCOC(=O)c1c(NC(=O)COC(=O)[C@@H](NC(=O)c2ccc(OCC)cc2)C(C)C)sc(C(=O)NC)c1C. The van der Waals surface area contributed by atoms with Gasteiger partial charge in [-0.25, -0.2) is 9.59 Å². The van der Waals surface area contributed by atoms with E-state index in [1.54, 1.807) is 52.0 Å². The summed E-state index contributed by atoms with van der Waals surface area (Å²) in [5, 5.41) is 7.74. The smallest absolute Gasteiger partial charge is 0.341 e. The molecule has 1 atom stereocenters. The van der Waals surface area contributed by atoms with Crippen LogP contribution in [0.1, 0.15) is 63.6 Å². The molecule has 206 valence electrons. The van der Waals surface area contributed by atoms with Crippen molar-refractivity contribution in [3.05, 3.63) is 45.8 Å². The molecule has 2 rings (SSSR count). The van der Waals surface area contributed by atoms with Gasteiger partial charge >= 0.3 is 11.9 Å². The van der Waals surface area contributed by atoms with Gasteiger partial charge in [0.1, 0.15) is 16.8 Å². The van der Waals surface area contributed by atoms with E-state index >= 15 is 0 Å².